The van der Waals surface area contributed by atoms with Crippen molar-refractivity contribution in [2.75, 3.05) is 19.6 Å². The second-order valence-electron chi connectivity index (χ2n) is 4.21. The Labute approximate surface area is 91.6 Å². The molecule has 0 aliphatic carbocycles. The first-order valence-corrected chi connectivity index (χ1v) is 5.30. The number of hydrogen-bond donors (Lipinski definition) is 1. The van der Waals surface area contributed by atoms with Gasteiger partial charge in [0.1, 0.15) is 0 Å². The fourth-order valence-electron chi connectivity index (χ4n) is 2.36. The molecule has 0 aromatic carbocycles. The van der Waals surface area contributed by atoms with Crippen LogP contribution in [-0.2, 0) is 4.79 Å². The van der Waals surface area contributed by atoms with Gasteiger partial charge in [-0.1, -0.05) is 0 Å². The third-order valence-corrected chi connectivity index (χ3v) is 3.25. The lowest BCUT2D eigenvalue weighted by atomic mass is 10.1. The zero-order chi connectivity index (χ0) is 9.26. The van der Waals surface area contributed by atoms with Gasteiger partial charge in [-0.05, 0) is 32.7 Å². The maximum absolute atomic E-state index is 11.9. The SMILES string of the molecule is C[C@H]1CCCN1C(=O)[C@@H]1CCNC1.Cl. The highest BCUT2D eigenvalue weighted by molar-refractivity contribution is 5.85. The van der Waals surface area contributed by atoms with E-state index in [1.165, 1.54) is 12.8 Å². The minimum Gasteiger partial charge on any atom is -0.340 e. The molecule has 2 rings (SSSR count). The van der Waals surface area contributed by atoms with Gasteiger partial charge in [0.2, 0.25) is 5.91 Å². The minimum absolute atomic E-state index is 0. The number of nitrogens with one attached hydrogen (secondary N) is 1. The molecular weight excluding hydrogens is 200 g/mol. The van der Waals surface area contributed by atoms with Crippen molar-refractivity contribution in [3.8, 4) is 0 Å². The van der Waals surface area contributed by atoms with Gasteiger partial charge in [0.25, 0.3) is 0 Å². The summed E-state index contributed by atoms with van der Waals surface area (Å²) in [6.07, 6.45) is 3.40. The van der Waals surface area contributed by atoms with Crippen molar-refractivity contribution < 1.29 is 4.79 Å². The first-order valence-electron chi connectivity index (χ1n) is 5.30. The molecule has 0 spiro atoms. The van der Waals surface area contributed by atoms with Gasteiger partial charge in [0.05, 0.1) is 5.92 Å². The van der Waals surface area contributed by atoms with Crippen LogP contribution in [0.5, 0.6) is 0 Å². The van der Waals surface area contributed by atoms with Gasteiger partial charge in [-0.25, -0.2) is 0 Å². The zero-order valence-corrected chi connectivity index (χ0v) is 9.48. The molecule has 14 heavy (non-hydrogen) atoms. The maximum atomic E-state index is 11.9. The van der Waals surface area contributed by atoms with Crippen LogP contribution < -0.4 is 5.32 Å². The Morgan fingerprint density at radius 2 is 2.21 bits per heavy atom. The fourth-order valence-corrected chi connectivity index (χ4v) is 2.36. The molecule has 1 amide bonds. The van der Waals surface area contributed by atoms with Crippen molar-refractivity contribution in [2.24, 2.45) is 5.92 Å². The molecule has 82 valence electrons. The summed E-state index contributed by atoms with van der Waals surface area (Å²) in [6, 6.07) is 0.480. The molecule has 4 heteroatoms. The quantitative estimate of drug-likeness (QED) is 0.713. The fraction of sp³-hybridized carbons (Fsp3) is 0.900. The molecular formula is C10H19ClN2O. The Morgan fingerprint density at radius 1 is 1.43 bits per heavy atom. The van der Waals surface area contributed by atoms with Crippen LogP contribution in [0.4, 0.5) is 0 Å². The first-order chi connectivity index (χ1) is 6.29. The summed E-state index contributed by atoms with van der Waals surface area (Å²) in [6.45, 7) is 5.05. The third-order valence-electron chi connectivity index (χ3n) is 3.25. The van der Waals surface area contributed by atoms with Crippen LogP contribution in [0, 0.1) is 5.92 Å². The highest BCUT2D eigenvalue weighted by atomic mass is 35.5. The normalized spacial score (nSPS) is 31.6. The van der Waals surface area contributed by atoms with Crippen LogP contribution in [0.3, 0.4) is 0 Å². The molecule has 2 fully saturated rings. The maximum Gasteiger partial charge on any atom is 0.227 e. The average Bonchev–Trinajstić information content (AvgIpc) is 2.72. The van der Waals surface area contributed by atoms with Crippen LogP contribution in [0.1, 0.15) is 26.2 Å². The van der Waals surface area contributed by atoms with Crippen LogP contribution in [0.15, 0.2) is 0 Å². The summed E-state index contributed by atoms with van der Waals surface area (Å²) < 4.78 is 0. The lowest BCUT2D eigenvalue weighted by Crippen LogP contribution is -2.38. The Bertz CT molecular complexity index is 204. The van der Waals surface area contributed by atoms with E-state index < -0.39 is 0 Å². The van der Waals surface area contributed by atoms with Crippen molar-refractivity contribution in [3.63, 3.8) is 0 Å². The highest BCUT2D eigenvalue weighted by Gasteiger charge is 2.31. The molecule has 2 heterocycles. The second-order valence-corrected chi connectivity index (χ2v) is 4.21. The van der Waals surface area contributed by atoms with Crippen LogP contribution in [0.25, 0.3) is 0 Å². The number of likely N-dealkylation sites (tertiary alicyclic amines) is 1. The van der Waals surface area contributed by atoms with Gasteiger partial charge in [0.15, 0.2) is 0 Å². The number of halogens is 1. The molecule has 0 bridgehead atoms. The molecule has 0 aromatic heterocycles. The lowest BCUT2D eigenvalue weighted by molar-refractivity contribution is -0.135. The summed E-state index contributed by atoms with van der Waals surface area (Å²) >= 11 is 0. The summed E-state index contributed by atoms with van der Waals surface area (Å²) in [5.41, 5.74) is 0. The van der Waals surface area contributed by atoms with Crippen molar-refractivity contribution >= 4 is 18.3 Å². The number of nitrogens with zero attached hydrogens (tertiary/aromatic N) is 1. The molecule has 2 saturated heterocycles. The number of carbonyl (C=O) groups excluding carboxylic acids is 1. The van der Waals surface area contributed by atoms with Gasteiger partial charge < -0.3 is 10.2 Å². The third kappa shape index (κ3) is 2.20. The number of rotatable bonds is 1. The Kier molecular flexibility index (Phi) is 4.20. The van der Waals surface area contributed by atoms with E-state index in [9.17, 15) is 4.79 Å². The largest absolute Gasteiger partial charge is 0.340 e. The van der Waals surface area contributed by atoms with Crippen molar-refractivity contribution in [1.82, 2.24) is 10.2 Å². The van der Waals surface area contributed by atoms with E-state index in [2.05, 4.69) is 17.1 Å². The Morgan fingerprint density at radius 3 is 2.71 bits per heavy atom. The molecule has 2 aliphatic heterocycles. The van der Waals surface area contributed by atoms with Gasteiger partial charge in [0, 0.05) is 19.1 Å². The van der Waals surface area contributed by atoms with E-state index in [1.54, 1.807) is 0 Å². The number of carbonyl (C=O) groups is 1. The molecule has 2 atom stereocenters. The van der Waals surface area contributed by atoms with Crippen LogP contribution in [0.2, 0.25) is 0 Å². The number of amides is 1. The summed E-state index contributed by atoms with van der Waals surface area (Å²) in [4.78, 5) is 14.0. The molecule has 0 saturated carbocycles. The Hall–Kier alpha value is -0.280. The van der Waals surface area contributed by atoms with Gasteiger partial charge in [-0.2, -0.15) is 0 Å². The van der Waals surface area contributed by atoms with Gasteiger partial charge >= 0.3 is 0 Å². The topological polar surface area (TPSA) is 32.3 Å². The minimum atomic E-state index is 0. The van der Waals surface area contributed by atoms with E-state index >= 15 is 0 Å². The molecule has 0 radical (unpaired) electrons. The average molecular weight is 219 g/mol. The summed E-state index contributed by atoms with van der Waals surface area (Å²) in [5, 5.41) is 3.24. The molecule has 1 N–H and O–H groups in total. The summed E-state index contributed by atoms with van der Waals surface area (Å²) in [5.74, 6) is 0.649. The predicted molar refractivity (Wildman–Crippen MR) is 58.6 cm³/mol. The zero-order valence-electron chi connectivity index (χ0n) is 8.66. The number of hydrogen-bond acceptors (Lipinski definition) is 2. The van der Waals surface area contributed by atoms with Crippen molar-refractivity contribution in [1.29, 1.82) is 0 Å². The van der Waals surface area contributed by atoms with E-state index in [-0.39, 0.29) is 18.3 Å². The smallest absolute Gasteiger partial charge is 0.227 e. The van der Waals surface area contributed by atoms with E-state index in [0.29, 0.717) is 11.9 Å². The van der Waals surface area contributed by atoms with Crippen LogP contribution >= 0.6 is 12.4 Å². The second kappa shape index (κ2) is 4.99. The predicted octanol–water partition coefficient (Wildman–Crippen LogP) is 1.03. The van der Waals surface area contributed by atoms with E-state index in [1.807, 2.05) is 0 Å². The van der Waals surface area contributed by atoms with Gasteiger partial charge in [-0.3, -0.25) is 4.79 Å². The van der Waals surface area contributed by atoms with E-state index in [4.69, 9.17) is 0 Å². The van der Waals surface area contributed by atoms with Crippen molar-refractivity contribution in [3.05, 3.63) is 0 Å². The first kappa shape index (κ1) is 11.8. The van der Waals surface area contributed by atoms with Crippen LogP contribution in [-0.4, -0.2) is 36.5 Å². The molecule has 0 unspecified atom stereocenters. The molecule has 3 nitrogen and oxygen atoms in total. The molecule has 2 aliphatic rings. The van der Waals surface area contributed by atoms with E-state index in [0.717, 1.165) is 26.1 Å². The monoisotopic (exact) mass is 218 g/mol. The summed E-state index contributed by atoms with van der Waals surface area (Å²) in [7, 11) is 0. The Balaban J connectivity index is 0.000000980. The highest BCUT2D eigenvalue weighted by Crippen LogP contribution is 2.21. The molecule has 0 aromatic rings. The van der Waals surface area contributed by atoms with Crippen molar-refractivity contribution in [2.45, 2.75) is 32.2 Å². The standard InChI is InChI=1S/C10H18N2O.ClH/c1-8-3-2-6-12(8)10(13)9-4-5-11-7-9;/h8-9,11H,2-7H2,1H3;1H/t8-,9+;/m0./s1. The lowest BCUT2D eigenvalue weighted by Gasteiger charge is -2.24. The van der Waals surface area contributed by atoms with Gasteiger partial charge in [-0.15, -0.1) is 12.4 Å².